The first-order chi connectivity index (χ1) is 17.5. The molecule has 0 fully saturated rings. The Labute approximate surface area is 208 Å². The van der Waals surface area contributed by atoms with Crippen LogP contribution in [0.5, 0.6) is 5.75 Å². The van der Waals surface area contributed by atoms with Gasteiger partial charge < -0.3 is 19.4 Å². The van der Waals surface area contributed by atoms with Gasteiger partial charge in [-0.3, -0.25) is 14.6 Å². The van der Waals surface area contributed by atoms with Crippen LogP contribution in [0, 0.1) is 6.92 Å². The average Bonchev–Trinajstić information content (AvgIpc) is 3.30. The number of aromatic amines is 1. The fourth-order valence-corrected chi connectivity index (χ4v) is 4.89. The molecular weight excluding hydrogens is 454 g/mol. The molecule has 7 nitrogen and oxygen atoms in total. The molecule has 0 saturated carbocycles. The lowest BCUT2D eigenvalue weighted by Crippen LogP contribution is -2.29. The number of fused-ring (bicyclic) bond motifs is 2. The van der Waals surface area contributed by atoms with E-state index in [0.29, 0.717) is 18.7 Å². The second-order valence-corrected chi connectivity index (χ2v) is 8.94. The summed E-state index contributed by atoms with van der Waals surface area (Å²) in [5.41, 5.74) is 4.23. The van der Waals surface area contributed by atoms with E-state index in [4.69, 9.17) is 4.74 Å². The zero-order valence-electron chi connectivity index (χ0n) is 20.2. The number of nitrogens with zero attached hydrogens (tertiary/aromatic N) is 2. The Kier molecular flexibility index (Phi) is 6.29. The molecule has 0 saturated heterocycles. The number of carbonyl (C=O) groups is 1. The van der Waals surface area contributed by atoms with Gasteiger partial charge in [0.2, 0.25) is 0 Å². The van der Waals surface area contributed by atoms with E-state index in [1.807, 2.05) is 54.7 Å². The molecule has 0 spiro atoms. The van der Waals surface area contributed by atoms with Crippen LogP contribution in [0.25, 0.3) is 21.8 Å². The second kappa shape index (κ2) is 9.70. The topological polar surface area (TPSA) is 97.2 Å². The summed E-state index contributed by atoms with van der Waals surface area (Å²) in [6.45, 7) is 2.24. The minimum absolute atomic E-state index is 0.0728. The Hall–Kier alpha value is -4.39. The number of hydrogen-bond donors (Lipinski definition) is 2. The van der Waals surface area contributed by atoms with Crippen LogP contribution < -0.4 is 5.56 Å². The number of esters is 1. The predicted molar refractivity (Wildman–Crippen MR) is 139 cm³/mol. The van der Waals surface area contributed by atoms with Crippen molar-refractivity contribution in [1.82, 2.24) is 14.5 Å². The minimum Gasteiger partial charge on any atom is -0.507 e. The highest BCUT2D eigenvalue weighted by atomic mass is 16.5. The average molecular weight is 482 g/mol. The number of H-pyrrole nitrogens is 1. The molecule has 7 heteroatoms. The van der Waals surface area contributed by atoms with Gasteiger partial charge in [-0.1, -0.05) is 30.3 Å². The van der Waals surface area contributed by atoms with Gasteiger partial charge >= 0.3 is 5.97 Å². The smallest absolute Gasteiger partial charge is 0.306 e. The minimum atomic E-state index is -0.672. The summed E-state index contributed by atoms with van der Waals surface area (Å²) in [6.07, 6.45) is 4.25. The van der Waals surface area contributed by atoms with Crippen molar-refractivity contribution in [2.24, 2.45) is 0 Å². The van der Waals surface area contributed by atoms with Gasteiger partial charge in [-0.15, -0.1) is 0 Å². The number of ether oxygens (including phenoxy) is 1. The maximum absolute atomic E-state index is 13.8. The summed E-state index contributed by atoms with van der Waals surface area (Å²) < 4.78 is 6.61. The van der Waals surface area contributed by atoms with Crippen molar-refractivity contribution in [2.75, 3.05) is 7.11 Å². The van der Waals surface area contributed by atoms with E-state index in [1.165, 1.54) is 7.11 Å². The van der Waals surface area contributed by atoms with Crippen LogP contribution in [0.15, 0.2) is 77.9 Å². The number of aromatic nitrogens is 3. The monoisotopic (exact) mass is 481 g/mol. The van der Waals surface area contributed by atoms with Gasteiger partial charge in [-0.25, -0.2) is 0 Å². The molecule has 1 atom stereocenters. The SMILES string of the molecule is COC(=O)CC(c1ccc2ncccc2c1)c1c(O)cc(C)n(CCc2c[nH]c3ccccc23)c1=O. The molecule has 36 heavy (non-hydrogen) atoms. The lowest BCUT2D eigenvalue weighted by Gasteiger charge is -2.21. The van der Waals surface area contributed by atoms with Gasteiger partial charge in [0.05, 0.1) is 24.6 Å². The third-order valence-electron chi connectivity index (χ3n) is 6.78. The van der Waals surface area contributed by atoms with Crippen LogP contribution in [0.1, 0.15) is 34.7 Å². The molecule has 1 unspecified atom stereocenters. The second-order valence-electron chi connectivity index (χ2n) is 8.94. The van der Waals surface area contributed by atoms with E-state index in [-0.39, 0.29) is 23.3 Å². The number of aromatic hydroxyl groups is 1. The van der Waals surface area contributed by atoms with Gasteiger partial charge in [-0.2, -0.15) is 0 Å². The van der Waals surface area contributed by atoms with Gasteiger partial charge in [0.1, 0.15) is 5.75 Å². The van der Waals surface area contributed by atoms with Gasteiger partial charge in [0.15, 0.2) is 0 Å². The molecule has 0 aliphatic carbocycles. The summed E-state index contributed by atoms with van der Waals surface area (Å²) in [5.74, 6) is -1.26. The first-order valence-electron chi connectivity index (χ1n) is 11.9. The van der Waals surface area contributed by atoms with Gasteiger partial charge in [0.25, 0.3) is 5.56 Å². The van der Waals surface area contributed by atoms with Crippen LogP contribution in [0.2, 0.25) is 0 Å². The largest absolute Gasteiger partial charge is 0.507 e. The molecule has 3 aromatic heterocycles. The third kappa shape index (κ3) is 4.35. The van der Waals surface area contributed by atoms with Crippen LogP contribution in [-0.2, 0) is 22.5 Å². The molecule has 0 aliphatic heterocycles. The highest BCUT2D eigenvalue weighted by Gasteiger charge is 2.27. The molecule has 182 valence electrons. The molecule has 0 radical (unpaired) electrons. The number of benzene rings is 2. The molecule has 0 amide bonds. The fraction of sp³-hybridized carbons (Fsp3) is 0.207. The molecular formula is C29H27N3O4. The maximum Gasteiger partial charge on any atom is 0.306 e. The molecule has 3 heterocycles. The quantitative estimate of drug-likeness (QED) is 0.325. The summed E-state index contributed by atoms with van der Waals surface area (Å²) in [5, 5.41) is 12.9. The Morgan fingerprint density at radius 3 is 2.81 bits per heavy atom. The number of carbonyl (C=O) groups excluding carboxylic acids is 1. The maximum atomic E-state index is 13.8. The summed E-state index contributed by atoms with van der Waals surface area (Å²) in [7, 11) is 1.32. The molecule has 0 bridgehead atoms. The fourth-order valence-electron chi connectivity index (χ4n) is 4.89. The molecule has 5 aromatic rings. The van der Waals surface area contributed by atoms with Crippen molar-refractivity contribution in [3.8, 4) is 5.75 Å². The zero-order valence-corrected chi connectivity index (χ0v) is 20.2. The number of pyridine rings is 2. The van der Waals surface area contributed by atoms with Gasteiger partial charge in [0, 0.05) is 46.8 Å². The van der Waals surface area contributed by atoms with E-state index in [1.54, 1.807) is 23.8 Å². The summed E-state index contributed by atoms with van der Waals surface area (Å²) in [4.78, 5) is 33.8. The predicted octanol–water partition coefficient (Wildman–Crippen LogP) is 4.83. The molecule has 0 aliphatic rings. The van der Waals surface area contributed by atoms with E-state index >= 15 is 0 Å². The Morgan fingerprint density at radius 1 is 1.14 bits per heavy atom. The Morgan fingerprint density at radius 2 is 1.97 bits per heavy atom. The van der Waals surface area contributed by atoms with Crippen molar-refractivity contribution in [3.05, 3.63) is 106 Å². The van der Waals surface area contributed by atoms with Crippen molar-refractivity contribution >= 4 is 27.8 Å². The van der Waals surface area contributed by atoms with Crippen LogP contribution >= 0.6 is 0 Å². The van der Waals surface area contributed by atoms with Crippen LogP contribution in [0.4, 0.5) is 0 Å². The van der Waals surface area contributed by atoms with Crippen LogP contribution in [-0.4, -0.2) is 32.7 Å². The molecule has 2 N–H and O–H groups in total. The Bertz CT molecular complexity index is 1630. The van der Waals surface area contributed by atoms with E-state index in [0.717, 1.165) is 32.9 Å². The normalized spacial score (nSPS) is 12.2. The van der Waals surface area contributed by atoms with E-state index < -0.39 is 11.9 Å². The van der Waals surface area contributed by atoms with Crippen molar-refractivity contribution in [2.45, 2.75) is 32.2 Å². The highest BCUT2D eigenvalue weighted by molar-refractivity contribution is 5.83. The van der Waals surface area contributed by atoms with Gasteiger partial charge in [-0.05, 0) is 54.8 Å². The first-order valence-corrected chi connectivity index (χ1v) is 11.9. The summed E-state index contributed by atoms with van der Waals surface area (Å²) >= 11 is 0. The molecule has 5 rings (SSSR count). The lowest BCUT2D eigenvalue weighted by atomic mass is 9.87. The lowest BCUT2D eigenvalue weighted by molar-refractivity contribution is -0.140. The number of hydrogen-bond acceptors (Lipinski definition) is 5. The van der Waals surface area contributed by atoms with Crippen LogP contribution in [0.3, 0.4) is 0 Å². The van der Waals surface area contributed by atoms with E-state index in [9.17, 15) is 14.7 Å². The van der Waals surface area contributed by atoms with Crippen molar-refractivity contribution in [3.63, 3.8) is 0 Å². The number of para-hydroxylation sites is 1. The number of aryl methyl sites for hydroxylation is 2. The number of methoxy groups -OCH3 is 1. The first kappa shape index (κ1) is 23.4. The van der Waals surface area contributed by atoms with E-state index in [2.05, 4.69) is 16.0 Å². The number of nitrogens with one attached hydrogen (secondary N) is 1. The molecule has 2 aromatic carbocycles. The van der Waals surface area contributed by atoms with Crippen molar-refractivity contribution < 1.29 is 14.6 Å². The standard InChI is InChI=1S/C29H27N3O4/c1-18-14-26(33)28(29(35)32(18)13-11-21-17-31-25-8-4-3-7-22(21)25)23(16-27(34)36-2)19-9-10-24-20(15-19)6-5-12-30-24/h3-10,12,14-15,17,23,31,33H,11,13,16H2,1-2H3. The Balaban J connectivity index is 1.57. The number of rotatable bonds is 7. The zero-order chi connectivity index (χ0) is 25.2. The summed E-state index contributed by atoms with van der Waals surface area (Å²) in [6, 6.07) is 19.0. The highest BCUT2D eigenvalue weighted by Crippen LogP contribution is 2.34. The third-order valence-corrected chi connectivity index (χ3v) is 6.78. The van der Waals surface area contributed by atoms with Crippen molar-refractivity contribution in [1.29, 1.82) is 0 Å².